The van der Waals surface area contributed by atoms with Gasteiger partial charge in [-0.3, -0.25) is 14.4 Å². The quantitative estimate of drug-likeness (QED) is 0.717. The summed E-state index contributed by atoms with van der Waals surface area (Å²) in [6.07, 6.45) is 0.791. The van der Waals surface area contributed by atoms with Crippen LogP contribution in [0.3, 0.4) is 0 Å². The molecule has 0 bridgehead atoms. The highest BCUT2D eigenvalue weighted by Crippen LogP contribution is 2.40. The van der Waals surface area contributed by atoms with Gasteiger partial charge in [0.25, 0.3) is 0 Å². The van der Waals surface area contributed by atoms with E-state index in [0.717, 1.165) is 0 Å². The summed E-state index contributed by atoms with van der Waals surface area (Å²) in [5, 5.41) is 5.48. The van der Waals surface area contributed by atoms with Gasteiger partial charge >= 0.3 is 0 Å². The highest BCUT2D eigenvalue weighted by molar-refractivity contribution is 7.99. The summed E-state index contributed by atoms with van der Waals surface area (Å²) in [5.41, 5.74) is 0.470. The number of anilines is 1. The van der Waals surface area contributed by atoms with Gasteiger partial charge in [0.1, 0.15) is 12.1 Å². The molecular weight excluding hydrogens is 386 g/mol. The van der Waals surface area contributed by atoms with Crippen LogP contribution in [-0.2, 0) is 14.4 Å². The minimum Gasteiger partial charge on any atom is -0.493 e. The van der Waals surface area contributed by atoms with Crippen molar-refractivity contribution >= 4 is 35.2 Å². The van der Waals surface area contributed by atoms with Gasteiger partial charge in [-0.15, -0.1) is 11.8 Å². The first-order valence-electron chi connectivity index (χ1n) is 8.77. The van der Waals surface area contributed by atoms with Gasteiger partial charge in [0.15, 0.2) is 11.5 Å². The monoisotopic (exact) mass is 409 g/mol. The first-order chi connectivity index (χ1) is 13.5. The van der Waals surface area contributed by atoms with Crippen LogP contribution in [-0.4, -0.2) is 67.7 Å². The van der Waals surface area contributed by atoms with E-state index in [0.29, 0.717) is 47.4 Å². The summed E-state index contributed by atoms with van der Waals surface area (Å²) in [6.45, 7) is 0. The molecule has 3 rings (SSSR count). The van der Waals surface area contributed by atoms with E-state index in [1.165, 1.54) is 38.0 Å². The molecule has 152 valence electrons. The molecular formula is C18H23N3O6S. The van der Waals surface area contributed by atoms with Gasteiger partial charge in [0, 0.05) is 30.0 Å². The van der Waals surface area contributed by atoms with Gasteiger partial charge in [-0.25, -0.2) is 0 Å². The van der Waals surface area contributed by atoms with E-state index in [-0.39, 0.29) is 17.7 Å². The first kappa shape index (κ1) is 20.1. The van der Waals surface area contributed by atoms with E-state index in [4.69, 9.17) is 14.2 Å². The second-order valence-corrected chi connectivity index (χ2v) is 7.39. The standard InChI is InChI=1S/C18H23N3O6S/c1-25-13-6-10(7-14(26-2)16(13)27-3)19-17(23)12-8-28-9-21(12)18(24)11-4-5-15(22)20-11/h6-7,11-12H,4-5,8-9H2,1-3H3,(H,19,23)(H,20,22)/t11-,12+/m1/s1. The Morgan fingerprint density at radius 3 is 2.39 bits per heavy atom. The van der Waals surface area contributed by atoms with Crippen molar-refractivity contribution in [3.8, 4) is 17.2 Å². The Balaban J connectivity index is 1.75. The average molecular weight is 409 g/mol. The third-order valence-corrected chi connectivity index (χ3v) is 5.71. The number of rotatable bonds is 6. The van der Waals surface area contributed by atoms with Crippen molar-refractivity contribution in [2.75, 3.05) is 38.3 Å². The molecule has 0 aliphatic carbocycles. The SMILES string of the molecule is COc1cc(NC(=O)[C@@H]2CSCN2C(=O)[C@H]2CCC(=O)N2)cc(OC)c1OC. The Hall–Kier alpha value is -2.62. The van der Waals surface area contributed by atoms with Crippen molar-refractivity contribution < 1.29 is 28.6 Å². The fraction of sp³-hybridized carbons (Fsp3) is 0.500. The topological polar surface area (TPSA) is 106 Å². The maximum atomic E-state index is 12.8. The molecule has 0 aromatic heterocycles. The number of methoxy groups -OCH3 is 3. The summed E-state index contributed by atoms with van der Waals surface area (Å²) in [4.78, 5) is 38.5. The van der Waals surface area contributed by atoms with Crippen LogP contribution < -0.4 is 24.8 Å². The van der Waals surface area contributed by atoms with Crippen molar-refractivity contribution in [3.63, 3.8) is 0 Å². The maximum absolute atomic E-state index is 12.8. The maximum Gasteiger partial charge on any atom is 0.248 e. The molecule has 0 unspecified atom stereocenters. The van der Waals surface area contributed by atoms with Crippen molar-refractivity contribution in [1.82, 2.24) is 10.2 Å². The number of nitrogens with one attached hydrogen (secondary N) is 2. The molecule has 2 aliphatic rings. The lowest BCUT2D eigenvalue weighted by atomic mass is 10.1. The Bertz CT molecular complexity index is 762. The normalized spacial score (nSPS) is 21.2. The van der Waals surface area contributed by atoms with E-state index in [2.05, 4.69) is 10.6 Å². The molecule has 0 radical (unpaired) electrons. The van der Waals surface area contributed by atoms with Crippen LogP contribution in [0.15, 0.2) is 12.1 Å². The number of hydrogen-bond acceptors (Lipinski definition) is 7. The highest BCUT2D eigenvalue weighted by Gasteiger charge is 2.39. The fourth-order valence-electron chi connectivity index (χ4n) is 3.26. The van der Waals surface area contributed by atoms with Crippen LogP contribution >= 0.6 is 11.8 Å². The van der Waals surface area contributed by atoms with E-state index in [9.17, 15) is 14.4 Å². The molecule has 3 amide bonds. The number of carbonyl (C=O) groups is 3. The lowest BCUT2D eigenvalue weighted by Crippen LogP contribution is -2.50. The molecule has 28 heavy (non-hydrogen) atoms. The highest BCUT2D eigenvalue weighted by atomic mass is 32.2. The Labute approximate surface area is 167 Å². The zero-order valence-corrected chi connectivity index (χ0v) is 16.8. The second-order valence-electron chi connectivity index (χ2n) is 6.39. The van der Waals surface area contributed by atoms with Crippen molar-refractivity contribution in [1.29, 1.82) is 0 Å². The number of hydrogen-bond donors (Lipinski definition) is 2. The van der Waals surface area contributed by atoms with E-state index in [1.54, 1.807) is 12.1 Å². The molecule has 2 aliphatic heterocycles. The average Bonchev–Trinajstić information content (AvgIpc) is 3.35. The van der Waals surface area contributed by atoms with Gasteiger partial charge in [-0.1, -0.05) is 0 Å². The molecule has 1 aromatic rings. The molecule has 2 fully saturated rings. The molecule has 2 N–H and O–H groups in total. The van der Waals surface area contributed by atoms with Crippen LogP contribution in [0.5, 0.6) is 17.2 Å². The van der Waals surface area contributed by atoms with Gasteiger partial charge in [0.05, 0.1) is 27.2 Å². The van der Waals surface area contributed by atoms with Gasteiger partial charge in [0.2, 0.25) is 23.5 Å². The fourth-order valence-corrected chi connectivity index (χ4v) is 4.42. The molecule has 0 spiro atoms. The molecule has 2 heterocycles. The van der Waals surface area contributed by atoms with Gasteiger partial charge < -0.3 is 29.7 Å². The molecule has 9 nitrogen and oxygen atoms in total. The molecule has 1 aromatic carbocycles. The van der Waals surface area contributed by atoms with Gasteiger partial charge in [-0.2, -0.15) is 0 Å². The van der Waals surface area contributed by atoms with Crippen LogP contribution in [0.2, 0.25) is 0 Å². The predicted octanol–water partition coefficient (Wildman–Crippen LogP) is 0.831. The Kier molecular flexibility index (Phi) is 6.18. The third kappa shape index (κ3) is 3.96. The zero-order valence-electron chi connectivity index (χ0n) is 15.9. The second kappa shape index (κ2) is 8.59. The van der Waals surface area contributed by atoms with Gasteiger partial charge in [-0.05, 0) is 6.42 Å². The van der Waals surface area contributed by atoms with Crippen molar-refractivity contribution in [2.24, 2.45) is 0 Å². The van der Waals surface area contributed by atoms with Crippen molar-refractivity contribution in [3.05, 3.63) is 12.1 Å². The number of thioether (sulfide) groups is 1. The number of benzene rings is 1. The third-order valence-electron chi connectivity index (χ3n) is 4.69. The Morgan fingerprint density at radius 2 is 1.86 bits per heavy atom. The number of amides is 3. The summed E-state index contributed by atoms with van der Waals surface area (Å²) >= 11 is 1.50. The summed E-state index contributed by atoms with van der Waals surface area (Å²) in [5.74, 6) is 1.50. The lowest BCUT2D eigenvalue weighted by Gasteiger charge is -2.26. The molecule has 0 saturated carbocycles. The minimum absolute atomic E-state index is 0.136. The van der Waals surface area contributed by atoms with Crippen LogP contribution in [0, 0.1) is 0 Å². The molecule has 2 saturated heterocycles. The van der Waals surface area contributed by atoms with Crippen LogP contribution in [0.1, 0.15) is 12.8 Å². The van der Waals surface area contributed by atoms with Crippen molar-refractivity contribution in [2.45, 2.75) is 24.9 Å². The summed E-state index contributed by atoms with van der Waals surface area (Å²) in [6, 6.07) is 2.09. The Morgan fingerprint density at radius 1 is 1.18 bits per heavy atom. The smallest absolute Gasteiger partial charge is 0.248 e. The number of ether oxygens (including phenoxy) is 3. The largest absolute Gasteiger partial charge is 0.493 e. The number of nitrogens with zero attached hydrogens (tertiary/aromatic N) is 1. The van der Waals surface area contributed by atoms with E-state index in [1.807, 2.05) is 0 Å². The predicted molar refractivity (Wildman–Crippen MR) is 104 cm³/mol. The van der Waals surface area contributed by atoms with E-state index >= 15 is 0 Å². The first-order valence-corrected chi connectivity index (χ1v) is 9.92. The lowest BCUT2D eigenvalue weighted by molar-refractivity contribution is -0.138. The zero-order chi connectivity index (χ0) is 20.3. The molecule has 10 heteroatoms. The number of carbonyl (C=O) groups excluding carboxylic acids is 3. The minimum atomic E-state index is -0.617. The summed E-state index contributed by atoms with van der Waals surface area (Å²) < 4.78 is 15.9. The van der Waals surface area contributed by atoms with Crippen LogP contribution in [0.4, 0.5) is 5.69 Å². The van der Waals surface area contributed by atoms with Crippen LogP contribution in [0.25, 0.3) is 0 Å². The summed E-state index contributed by atoms with van der Waals surface area (Å²) in [7, 11) is 4.49. The van der Waals surface area contributed by atoms with E-state index < -0.39 is 12.1 Å². The molecule has 2 atom stereocenters.